The van der Waals surface area contributed by atoms with Crippen LogP contribution in [0.1, 0.15) is 32.1 Å². The van der Waals surface area contributed by atoms with Gasteiger partial charge in [-0.3, -0.25) is 4.79 Å². The van der Waals surface area contributed by atoms with E-state index >= 15 is 0 Å². The lowest BCUT2D eigenvalue weighted by molar-refractivity contribution is -0.123. The molecule has 0 bridgehead atoms. The summed E-state index contributed by atoms with van der Waals surface area (Å²) >= 11 is 0. The van der Waals surface area contributed by atoms with Crippen molar-refractivity contribution in [3.8, 4) is 0 Å². The summed E-state index contributed by atoms with van der Waals surface area (Å²) in [7, 11) is 1.40. The lowest BCUT2D eigenvalue weighted by atomic mass is 9.94. The van der Waals surface area contributed by atoms with Crippen LogP contribution in [0.2, 0.25) is 0 Å². The number of hydrogen-bond donors (Lipinski definition) is 0. The molecule has 4 nitrogen and oxygen atoms in total. The fourth-order valence-electron chi connectivity index (χ4n) is 2.77. The molecule has 0 unspecified atom stereocenters. The minimum atomic E-state index is -0.280. The number of carbonyl (C=O) groups excluding carboxylic acids is 2. The van der Waals surface area contributed by atoms with Gasteiger partial charge in [0.1, 0.15) is 5.78 Å². The number of carbonyl (C=O) groups is 2. The first kappa shape index (κ1) is 10.5. The average Bonchev–Trinajstić information content (AvgIpc) is 2.58. The molecular weight excluding hydrogens is 194 g/mol. The Labute approximate surface area is 89.6 Å². The van der Waals surface area contributed by atoms with E-state index in [1.807, 2.05) is 0 Å². The van der Waals surface area contributed by atoms with E-state index in [0.29, 0.717) is 18.7 Å². The van der Waals surface area contributed by atoms with Crippen LogP contribution in [0.3, 0.4) is 0 Å². The molecule has 0 N–H and O–H groups in total. The fraction of sp³-hybridized carbons (Fsp3) is 0.818. The predicted molar refractivity (Wildman–Crippen MR) is 54.5 cm³/mol. The van der Waals surface area contributed by atoms with E-state index in [-0.39, 0.29) is 18.1 Å². The van der Waals surface area contributed by atoms with Gasteiger partial charge in [-0.1, -0.05) is 6.42 Å². The number of ketones is 1. The smallest absolute Gasteiger partial charge is 0.409 e. The van der Waals surface area contributed by atoms with Gasteiger partial charge in [-0.25, -0.2) is 4.79 Å². The predicted octanol–water partition coefficient (Wildman–Crippen LogP) is 1.59. The van der Waals surface area contributed by atoms with Gasteiger partial charge in [-0.2, -0.15) is 0 Å². The molecule has 1 saturated carbocycles. The van der Waals surface area contributed by atoms with Crippen LogP contribution >= 0.6 is 0 Å². The zero-order valence-corrected chi connectivity index (χ0v) is 9.07. The van der Waals surface area contributed by atoms with Gasteiger partial charge in [0.2, 0.25) is 0 Å². The topological polar surface area (TPSA) is 46.6 Å². The number of fused-ring (bicyclic) bond motifs is 1. The van der Waals surface area contributed by atoms with Crippen molar-refractivity contribution in [1.82, 2.24) is 4.90 Å². The first-order valence-corrected chi connectivity index (χ1v) is 5.61. The number of likely N-dealkylation sites (tertiary alicyclic amines) is 1. The largest absolute Gasteiger partial charge is 0.453 e. The second kappa shape index (κ2) is 4.21. The summed E-state index contributed by atoms with van der Waals surface area (Å²) in [5.74, 6) is 0.413. The van der Waals surface area contributed by atoms with E-state index in [2.05, 4.69) is 0 Å². The van der Waals surface area contributed by atoms with Crippen molar-refractivity contribution < 1.29 is 14.3 Å². The maximum absolute atomic E-state index is 11.8. The second-order valence-corrected chi connectivity index (χ2v) is 4.34. The number of Topliss-reactive ketones (excluding diaryl/α,β-unsaturated/α-hetero) is 1. The lowest BCUT2D eigenvalue weighted by Gasteiger charge is -2.24. The first-order chi connectivity index (χ1) is 7.24. The van der Waals surface area contributed by atoms with Crippen molar-refractivity contribution in [3.63, 3.8) is 0 Å². The van der Waals surface area contributed by atoms with Crippen LogP contribution in [0.5, 0.6) is 0 Å². The van der Waals surface area contributed by atoms with Gasteiger partial charge < -0.3 is 9.64 Å². The number of hydrogen-bond acceptors (Lipinski definition) is 3. The molecule has 1 saturated heterocycles. The molecule has 15 heavy (non-hydrogen) atoms. The van der Waals surface area contributed by atoms with Crippen LogP contribution in [0, 0.1) is 5.92 Å². The number of ether oxygens (including phenoxy) is 1. The number of rotatable bonds is 0. The van der Waals surface area contributed by atoms with E-state index in [1.165, 1.54) is 7.11 Å². The Morgan fingerprint density at radius 3 is 2.93 bits per heavy atom. The highest BCUT2D eigenvalue weighted by Gasteiger charge is 2.41. The summed E-state index contributed by atoms with van der Waals surface area (Å²) < 4.78 is 4.73. The summed E-state index contributed by atoms with van der Waals surface area (Å²) in [5.41, 5.74) is 0. The Bertz CT molecular complexity index is 277. The number of methoxy groups -OCH3 is 1. The average molecular weight is 211 g/mol. The van der Waals surface area contributed by atoms with Crippen LogP contribution in [-0.4, -0.2) is 36.5 Å². The molecule has 0 spiro atoms. The highest BCUT2D eigenvalue weighted by Crippen LogP contribution is 2.33. The third-order valence-corrected chi connectivity index (χ3v) is 3.54. The van der Waals surface area contributed by atoms with Gasteiger partial charge in [0.15, 0.2) is 0 Å². The molecule has 1 aliphatic carbocycles. The van der Waals surface area contributed by atoms with Gasteiger partial charge in [-0.15, -0.1) is 0 Å². The molecule has 1 amide bonds. The Balaban J connectivity index is 2.12. The van der Waals surface area contributed by atoms with Crippen molar-refractivity contribution in [2.24, 2.45) is 5.92 Å². The highest BCUT2D eigenvalue weighted by atomic mass is 16.5. The van der Waals surface area contributed by atoms with E-state index in [4.69, 9.17) is 4.74 Å². The van der Waals surface area contributed by atoms with Crippen molar-refractivity contribution >= 4 is 11.9 Å². The molecular formula is C11H17NO3. The standard InChI is InChI=1S/C11H17NO3/c1-15-11(14)12-7-6-8-9(12)4-2-3-5-10(8)13/h8-9H,2-7H2,1H3/t8-,9-/m1/s1. The quantitative estimate of drug-likeness (QED) is 0.611. The van der Waals surface area contributed by atoms with Gasteiger partial charge in [0.05, 0.1) is 7.11 Å². The van der Waals surface area contributed by atoms with Crippen LogP contribution in [-0.2, 0) is 9.53 Å². The summed E-state index contributed by atoms with van der Waals surface area (Å²) in [5, 5.41) is 0. The SMILES string of the molecule is COC(=O)N1CC[C@H]2C(=O)CCCC[C@H]21. The minimum Gasteiger partial charge on any atom is -0.453 e. The van der Waals surface area contributed by atoms with Gasteiger partial charge in [-0.05, 0) is 19.3 Å². The van der Waals surface area contributed by atoms with Crippen LogP contribution in [0.25, 0.3) is 0 Å². The van der Waals surface area contributed by atoms with Gasteiger partial charge in [0, 0.05) is 24.9 Å². The molecule has 2 fully saturated rings. The van der Waals surface area contributed by atoms with Gasteiger partial charge >= 0.3 is 6.09 Å². The molecule has 1 aliphatic heterocycles. The van der Waals surface area contributed by atoms with Crippen LogP contribution in [0.15, 0.2) is 0 Å². The lowest BCUT2D eigenvalue weighted by Crippen LogP contribution is -2.38. The third kappa shape index (κ3) is 1.85. The van der Waals surface area contributed by atoms with Crippen molar-refractivity contribution in [2.75, 3.05) is 13.7 Å². The Hall–Kier alpha value is -1.06. The maximum atomic E-state index is 11.8. The Morgan fingerprint density at radius 1 is 1.40 bits per heavy atom. The number of amides is 1. The minimum absolute atomic E-state index is 0.0756. The number of nitrogens with zero attached hydrogens (tertiary/aromatic N) is 1. The highest BCUT2D eigenvalue weighted by molar-refractivity contribution is 5.83. The van der Waals surface area contributed by atoms with Crippen molar-refractivity contribution in [1.29, 1.82) is 0 Å². The molecule has 0 radical (unpaired) electrons. The maximum Gasteiger partial charge on any atom is 0.409 e. The fourth-order valence-corrected chi connectivity index (χ4v) is 2.77. The zero-order chi connectivity index (χ0) is 10.8. The van der Waals surface area contributed by atoms with Crippen molar-refractivity contribution in [3.05, 3.63) is 0 Å². The van der Waals surface area contributed by atoms with Crippen LogP contribution < -0.4 is 0 Å². The molecule has 0 aromatic rings. The molecule has 2 rings (SSSR count). The van der Waals surface area contributed by atoms with E-state index in [0.717, 1.165) is 25.7 Å². The Morgan fingerprint density at radius 2 is 2.20 bits per heavy atom. The van der Waals surface area contributed by atoms with Crippen LogP contribution in [0.4, 0.5) is 4.79 Å². The Kier molecular flexibility index (Phi) is 2.93. The molecule has 2 atom stereocenters. The molecule has 0 aromatic carbocycles. The summed E-state index contributed by atoms with van der Waals surface area (Å²) in [6.45, 7) is 0.674. The molecule has 84 valence electrons. The summed E-state index contributed by atoms with van der Waals surface area (Å²) in [4.78, 5) is 25.0. The molecule has 1 heterocycles. The molecule has 4 heteroatoms. The zero-order valence-electron chi connectivity index (χ0n) is 9.07. The van der Waals surface area contributed by atoms with E-state index in [9.17, 15) is 9.59 Å². The monoisotopic (exact) mass is 211 g/mol. The second-order valence-electron chi connectivity index (χ2n) is 4.34. The third-order valence-electron chi connectivity index (χ3n) is 3.54. The first-order valence-electron chi connectivity index (χ1n) is 5.61. The summed E-state index contributed by atoms with van der Waals surface area (Å²) in [6.07, 6.45) is 4.19. The van der Waals surface area contributed by atoms with E-state index in [1.54, 1.807) is 4.90 Å². The normalized spacial score (nSPS) is 31.0. The van der Waals surface area contributed by atoms with E-state index < -0.39 is 0 Å². The molecule has 0 aromatic heterocycles. The van der Waals surface area contributed by atoms with Crippen molar-refractivity contribution in [2.45, 2.75) is 38.1 Å². The molecule has 2 aliphatic rings. The van der Waals surface area contributed by atoms with Gasteiger partial charge in [0.25, 0.3) is 0 Å². The summed E-state index contributed by atoms with van der Waals surface area (Å²) in [6, 6.07) is 0.104.